The minimum absolute atomic E-state index is 0.0635. The summed E-state index contributed by atoms with van der Waals surface area (Å²) in [6.45, 7) is 2.41. The normalized spacial score (nSPS) is 21.1. The molecule has 1 atom stereocenters. The van der Waals surface area contributed by atoms with E-state index in [0.29, 0.717) is 18.7 Å². The van der Waals surface area contributed by atoms with Crippen molar-refractivity contribution in [2.24, 2.45) is 10.1 Å². The molecule has 0 aliphatic carbocycles. The van der Waals surface area contributed by atoms with Crippen molar-refractivity contribution in [3.05, 3.63) is 53.5 Å². The molecule has 0 radical (unpaired) electrons. The lowest BCUT2D eigenvalue weighted by Gasteiger charge is -2.22. The number of aliphatic imine (C=N–C) groups is 1. The van der Waals surface area contributed by atoms with Crippen LogP contribution in [-0.4, -0.2) is 37.3 Å². The van der Waals surface area contributed by atoms with Gasteiger partial charge in [0.15, 0.2) is 5.17 Å². The van der Waals surface area contributed by atoms with Gasteiger partial charge in [-0.3, -0.25) is 14.7 Å². The Morgan fingerprint density at radius 1 is 1.41 bits per heavy atom. The van der Waals surface area contributed by atoms with E-state index >= 15 is 0 Å². The molecule has 4 rings (SSSR count). The predicted molar refractivity (Wildman–Crippen MR) is 109 cm³/mol. The van der Waals surface area contributed by atoms with Gasteiger partial charge in [0.25, 0.3) is 0 Å². The van der Waals surface area contributed by atoms with Gasteiger partial charge in [0.05, 0.1) is 30.5 Å². The van der Waals surface area contributed by atoms with E-state index in [0.717, 1.165) is 33.5 Å². The number of nitrogens with one attached hydrogen (secondary N) is 1. The largest absolute Gasteiger partial charge is 0.467 e. The number of fused-ring (bicyclic) bond motifs is 1. The van der Waals surface area contributed by atoms with Crippen LogP contribution < -0.4 is 9.73 Å². The van der Waals surface area contributed by atoms with E-state index in [1.54, 1.807) is 18.0 Å². The Labute approximate surface area is 162 Å². The lowest BCUT2D eigenvalue weighted by molar-refractivity contribution is 0.512. The molecule has 1 aromatic heterocycles. The average Bonchev–Trinajstić information content (AvgIpc) is 3.25. The number of hydrogen-bond donors (Lipinski definition) is 1. The molecule has 0 saturated heterocycles. The number of anilines is 1. The van der Waals surface area contributed by atoms with Crippen LogP contribution in [0.4, 0.5) is 5.69 Å². The van der Waals surface area contributed by atoms with Gasteiger partial charge in [-0.1, -0.05) is 17.8 Å². The summed E-state index contributed by atoms with van der Waals surface area (Å²) in [4.78, 5) is 4.45. The smallest absolute Gasteiger partial charge is 0.232 e. The molecule has 0 spiro atoms. The molecular weight excluding hydrogens is 384 g/mol. The highest BCUT2D eigenvalue weighted by molar-refractivity contribution is 8.14. The summed E-state index contributed by atoms with van der Waals surface area (Å²) in [7, 11) is -3.27. The summed E-state index contributed by atoms with van der Waals surface area (Å²) < 4.78 is 30.9. The van der Waals surface area contributed by atoms with E-state index in [1.807, 2.05) is 37.3 Å². The highest BCUT2D eigenvalue weighted by Crippen LogP contribution is 2.35. The van der Waals surface area contributed by atoms with Crippen molar-refractivity contribution in [2.45, 2.75) is 25.9 Å². The molecule has 0 bridgehead atoms. The molecule has 2 aliphatic heterocycles. The van der Waals surface area contributed by atoms with Gasteiger partial charge in [-0.25, -0.2) is 8.42 Å². The number of amidine groups is 1. The molecule has 0 amide bonds. The van der Waals surface area contributed by atoms with Gasteiger partial charge in [0.1, 0.15) is 5.76 Å². The summed E-state index contributed by atoms with van der Waals surface area (Å²) in [5.74, 6) is 1.51. The molecule has 9 heteroatoms. The molecule has 27 heavy (non-hydrogen) atoms. The van der Waals surface area contributed by atoms with Gasteiger partial charge in [-0.05, 0) is 48.7 Å². The fourth-order valence-electron chi connectivity index (χ4n) is 3.39. The Hall–Kier alpha value is -2.26. The van der Waals surface area contributed by atoms with Crippen LogP contribution in [-0.2, 0) is 23.0 Å². The van der Waals surface area contributed by atoms with Crippen molar-refractivity contribution in [2.75, 3.05) is 16.3 Å². The standard InChI is InChI=1S/C18H20N4O3S2/c1-12-8-14-9-13(5-6-17(14)22(12)27(2,23)24)16-11-26-18(21-20-16)19-10-15-4-3-7-25-15/h3-7,9,12H,8,10-11H2,1-2H3,(H,19,21). The summed E-state index contributed by atoms with van der Waals surface area (Å²) >= 11 is 1.59. The summed E-state index contributed by atoms with van der Waals surface area (Å²) in [6.07, 6.45) is 3.59. The van der Waals surface area contributed by atoms with Crippen LogP contribution in [0.1, 0.15) is 23.8 Å². The molecular formula is C18H20N4O3S2. The van der Waals surface area contributed by atoms with Gasteiger partial charge in [0.2, 0.25) is 10.0 Å². The highest BCUT2D eigenvalue weighted by atomic mass is 32.2. The van der Waals surface area contributed by atoms with Crippen molar-refractivity contribution >= 4 is 38.4 Å². The lowest BCUT2D eigenvalue weighted by atomic mass is 10.0. The first-order valence-electron chi connectivity index (χ1n) is 8.57. The Morgan fingerprint density at radius 2 is 2.26 bits per heavy atom. The van der Waals surface area contributed by atoms with E-state index in [-0.39, 0.29) is 6.04 Å². The number of thioether (sulfide) groups is 1. The average molecular weight is 405 g/mol. The van der Waals surface area contributed by atoms with E-state index in [1.165, 1.54) is 10.6 Å². The highest BCUT2D eigenvalue weighted by Gasteiger charge is 2.32. The number of benzene rings is 1. The van der Waals surface area contributed by atoms with Crippen molar-refractivity contribution in [3.8, 4) is 0 Å². The molecule has 142 valence electrons. The number of hydrogen-bond acceptors (Lipinski definition) is 6. The maximum Gasteiger partial charge on any atom is 0.232 e. The maximum absolute atomic E-state index is 12.0. The van der Waals surface area contributed by atoms with Crippen molar-refractivity contribution < 1.29 is 12.8 Å². The van der Waals surface area contributed by atoms with Gasteiger partial charge >= 0.3 is 0 Å². The SMILES string of the molecule is CC1Cc2cc(C3=NNC(=NCc4ccco4)SC3)ccc2N1S(C)(=O)=O. The first kappa shape index (κ1) is 18.1. The third-order valence-corrected chi connectivity index (χ3v) is 6.70. The number of nitrogens with zero attached hydrogens (tertiary/aromatic N) is 3. The second kappa shape index (κ2) is 7.05. The molecule has 1 aromatic carbocycles. The quantitative estimate of drug-likeness (QED) is 0.846. The molecule has 7 nitrogen and oxygen atoms in total. The van der Waals surface area contributed by atoms with Crippen molar-refractivity contribution in [1.29, 1.82) is 0 Å². The number of hydrazone groups is 1. The van der Waals surface area contributed by atoms with Crippen LogP contribution in [0.15, 0.2) is 51.1 Å². The second-order valence-electron chi connectivity index (χ2n) is 6.62. The third kappa shape index (κ3) is 3.74. The van der Waals surface area contributed by atoms with E-state index in [2.05, 4.69) is 15.5 Å². The minimum atomic E-state index is -3.27. The van der Waals surface area contributed by atoms with E-state index < -0.39 is 10.0 Å². The minimum Gasteiger partial charge on any atom is -0.467 e. The molecule has 2 aromatic rings. The summed E-state index contributed by atoms with van der Waals surface area (Å²) in [5, 5.41) is 5.20. The predicted octanol–water partition coefficient (Wildman–Crippen LogP) is 2.59. The zero-order valence-electron chi connectivity index (χ0n) is 15.0. The number of furan rings is 1. The molecule has 1 unspecified atom stereocenters. The summed E-state index contributed by atoms with van der Waals surface area (Å²) in [5.41, 5.74) is 6.72. The fourth-order valence-corrected chi connectivity index (χ4v) is 5.42. The van der Waals surface area contributed by atoms with Gasteiger partial charge in [-0.2, -0.15) is 5.10 Å². The van der Waals surface area contributed by atoms with Crippen molar-refractivity contribution in [1.82, 2.24) is 5.43 Å². The van der Waals surface area contributed by atoms with E-state index in [4.69, 9.17) is 4.42 Å². The van der Waals surface area contributed by atoms with Crippen molar-refractivity contribution in [3.63, 3.8) is 0 Å². The molecule has 0 saturated carbocycles. The Kier molecular flexibility index (Phi) is 4.73. The summed E-state index contributed by atoms with van der Waals surface area (Å²) in [6, 6.07) is 9.52. The third-order valence-electron chi connectivity index (χ3n) is 4.51. The number of rotatable bonds is 4. The zero-order valence-corrected chi connectivity index (χ0v) is 16.7. The first-order chi connectivity index (χ1) is 12.9. The van der Waals surface area contributed by atoms with Gasteiger partial charge in [0, 0.05) is 11.8 Å². The Balaban J connectivity index is 1.51. The van der Waals surface area contributed by atoms with Crippen LogP contribution in [0.5, 0.6) is 0 Å². The van der Waals surface area contributed by atoms with Crippen LogP contribution in [0.3, 0.4) is 0 Å². The lowest BCUT2D eigenvalue weighted by Crippen LogP contribution is -2.34. The second-order valence-corrected chi connectivity index (χ2v) is 9.44. The van der Waals surface area contributed by atoms with E-state index in [9.17, 15) is 8.42 Å². The van der Waals surface area contributed by atoms with Gasteiger partial charge in [-0.15, -0.1) is 0 Å². The molecule has 0 fully saturated rings. The first-order valence-corrected chi connectivity index (χ1v) is 11.4. The molecule has 2 aliphatic rings. The monoisotopic (exact) mass is 404 g/mol. The molecule has 1 N–H and O–H groups in total. The van der Waals surface area contributed by atoms with Crippen LogP contribution in [0.25, 0.3) is 0 Å². The van der Waals surface area contributed by atoms with Crippen LogP contribution in [0, 0.1) is 0 Å². The van der Waals surface area contributed by atoms with Gasteiger partial charge < -0.3 is 4.42 Å². The van der Waals surface area contributed by atoms with Crippen LogP contribution in [0.2, 0.25) is 0 Å². The molecule has 3 heterocycles. The topological polar surface area (TPSA) is 87.3 Å². The Bertz CT molecular complexity index is 1010. The number of sulfonamides is 1. The van der Waals surface area contributed by atoms with Crippen LogP contribution >= 0.6 is 11.8 Å². The Morgan fingerprint density at radius 3 is 2.93 bits per heavy atom. The zero-order chi connectivity index (χ0) is 19.0. The fraction of sp³-hybridized carbons (Fsp3) is 0.333. The maximum atomic E-state index is 12.0.